The molecule has 2 heterocycles. The molecule has 0 saturated carbocycles. The van der Waals surface area contributed by atoms with Crippen LogP contribution in [-0.4, -0.2) is 56.9 Å². The Kier molecular flexibility index (Phi) is 7.03. The molecule has 1 aromatic carbocycles. The van der Waals surface area contributed by atoms with Gasteiger partial charge in [0.25, 0.3) is 0 Å². The first-order chi connectivity index (χ1) is 13.5. The third-order valence-electron chi connectivity index (χ3n) is 5.05. The minimum absolute atomic E-state index is 0.0221. The minimum atomic E-state index is -3.47. The van der Waals surface area contributed by atoms with E-state index in [-0.39, 0.29) is 17.5 Å². The van der Waals surface area contributed by atoms with Gasteiger partial charge in [-0.1, -0.05) is 18.6 Å². The van der Waals surface area contributed by atoms with Gasteiger partial charge in [-0.2, -0.15) is 4.31 Å². The molecule has 0 unspecified atom stereocenters. The molecule has 0 bridgehead atoms. The Bertz CT molecular complexity index is 782. The molecule has 8 nitrogen and oxygen atoms in total. The summed E-state index contributed by atoms with van der Waals surface area (Å²) in [5.74, 6) is -1.41. The lowest BCUT2D eigenvalue weighted by molar-refractivity contribution is -0.139. The van der Waals surface area contributed by atoms with Crippen molar-refractivity contribution >= 4 is 21.8 Å². The minimum Gasteiger partial charge on any atom is -0.376 e. The van der Waals surface area contributed by atoms with Crippen molar-refractivity contribution in [3.8, 4) is 0 Å². The first kappa shape index (κ1) is 20.8. The highest BCUT2D eigenvalue weighted by Crippen LogP contribution is 2.20. The molecule has 3 rings (SSSR count). The van der Waals surface area contributed by atoms with E-state index in [4.69, 9.17) is 4.74 Å². The van der Waals surface area contributed by atoms with Gasteiger partial charge in [0.1, 0.15) is 0 Å². The van der Waals surface area contributed by atoms with Crippen LogP contribution < -0.4 is 10.6 Å². The summed E-state index contributed by atoms with van der Waals surface area (Å²) >= 11 is 0. The average Bonchev–Trinajstić information content (AvgIpc) is 3.25. The van der Waals surface area contributed by atoms with Gasteiger partial charge < -0.3 is 15.4 Å². The number of benzene rings is 1. The van der Waals surface area contributed by atoms with Gasteiger partial charge in [0.2, 0.25) is 10.0 Å². The van der Waals surface area contributed by atoms with E-state index in [1.807, 2.05) is 0 Å². The van der Waals surface area contributed by atoms with Crippen LogP contribution in [0.1, 0.15) is 37.7 Å². The molecule has 9 heteroatoms. The number of nitrogens with zero attached hydrogens (tertiary/aromatic N) is 1. The number of ether oxygens (including phenoxy) is 1. The van der Waals surface area contributed by atoms with Gasteiger partial charge in [-0.15, -0.1) is 0 Å². The Morgan fingerprint density at radius 2 is 1.68 bits per heavy atom. The number of hydrogen-bond donors (Lipinski definition) is 2. The highest BCUT2D eigenvalue weighted by molar-refractivity contribution is 7.89. The Morgan fingerprint density at radius 3 is 2.32 bits per heavy atom. The molecule has 2 aliphatic heterocycles. The van der Waals surface area contributed by atoms with Gasteiger partial charge >= 0.3 is 11.8 Å². The quantitative estimate of drug-likeness (QED) is 0.676. The predicted octanol–water partition coefficient (Wildman–Crippen LogP) is 0.773. The van der Waals surface area contributed by atoms with Crippen molar-refractivity contribution < 1.29 is 22.7 Å². The zero-order valence-corrected chi connectivity index (χ0v) is 16.7. The normalized spacial score (nSPS) is 20.6. The van der Waals surface area contributed by atoms with Crippen LogP contribution in [0.4, 0.5) is 0 Å². The monoisotopic (exact) mass is 409 g/mol. The molecular weight excluding hydrogens is 382 g/mol. The van der Waals surface area contributed by atoms with Gasteiger partial charge in [0.15, 0.2) is 0 Å². The number of sulfonamides is 1. The van der Waals surface area contributed by atoms with Crippen molar-refractivity contribution in [2.24, 2.45) is 0 Å². The number of carbonyl (C=O) groups is 2. The molecular formula is C19H27N3O5S. The molecule has 154 valence electrons. The number of amides is 2. The Hall–Kier alpha value is -1.97. The summed E-state index contributed by atoms with van der Waals surface area (Å²) in [7, 11) is -3.47. The van der Waals surface area contributed by atoms with E-state index in [0.717, 1.165) is 37.7 Å². The maximum atomic E-state index is 12.6. The number of nitrogens with one attached hydrogen (secondary N) is 2. The number of hydrogen-bond acceptors (Lipinski definition) is 5. The van der Waals surface area contributed by atoms with Gasteiger partial charge in [0.05, 0.1) is 11.0 Å². The second-order valence-electron chi connectivity index (χ2n) is 7.14. The fraction of sp³-hybridized carbons (Fsp3) is 0.579. The summed E-state index contributed by atoms with van der Waals surface area (Å²) in [6.45, 7) is 2.28. The van der Waals surface area contributed by atoms with Crippen molar-refractivity contribution in [1.29, 1.82) is 0 Å². The maximum Gasteiger partial charge on any atom is 0.309 e. The SMILES string of the molecule is O=C(NCc1ccc(S(=O)(=O)N2CCCCC2)cc1)C(=O)NC[C@H]1CCCO1. The van der Waals surface area contributed by atoms with Gasteiger partial charge in [0, 0.05) is 32.8 Å². The van der Waals surface area contributed by atoms with Crippen LogP contribution in [0, 0.1) is 0 Å². The average molecular weight is 410 g/mol. The van der Waals surface area contributed by atoms with E-state index in [1.54, 1.807) is 24.3 Å². The van der Waals surface area contributed by atoms with Crippen LogP contribution in [0.5, 0.6) is 0 Å². The summed E-state index contributed by atoms with van der Waals surface area (Å²) in [5.41, 5.74) is 0.720. The lowest BCUT2D eigenvalue weighted by atomic mass is 10.2. The van der Waals surface area contributed by atoms with Crippen LogP contribution in [0.25, 0.3) is 0 Å². The second kappa shape index (κ2) is 9.49. The van der Waals surface area contributed by atoms with E-state index in [9.17, 15) is 18.0 Å². The predicted molar refractivity (Wildman–Crippen MR) is 103 cm³/mol. The van der Waals surface area contributed by atoms with Gasteiger partial charge in [-0.3, -0.25) is 9.59 Å². The molecule has 0 radical (unpaired) electrons. The Labute approximate surface area is 165 Å². The number of rotatable bonds is 6. The van der Waals surface area contributed by atoms with Crippen LogP contribution in [0.15, 0.2) is 29.2 Å². The third kappa shape index (κ3) is 5.30. The van der Waals surface area contributed by atoms with Crippen LogP contribution in [-0.2, 0) is 30.9 Å². The first-order valence-corrected chi connectivity index (χ1v) is 11.2. The molecule has 0 aliphatic carbocycles. The number of carbonyl (C=O) groups excluding carboxylic acids is 2. The van der Waals surface area contributed by atoms with Crippen molar-refractivity contribution in [1.82, 2.24) is 14.9 Å². The lowest BCUT2D eigenvalue weighted by Gasteiger charge is -2.25. The van der Waals surface area contributed by atoms with E-state index in [2.05, 4.69) is 10.6 Å². The molecule has 2 N–H and O–H groups in total. The van der Waals surface area contributed by atoms with Crippen molar-refractivity contribution in [2.45, 2.75) is 49.6 Å². The summed E-state index contributed by atoms with van der Waals surface area (Å²) in [6, 6.07) is 6.40. The summed E-state index contributed by atoms with van der Waals surface area (Å²) in [4.78, 5) is 24.0. The fourth-order valence-electron chi connectivity index (χ4n) is 3.39. The number of piperidine rings is 1. The lowest BCUT2D eigenvalue weighted by Crippen LogP contribution is -2.42. The highest BCUT2D eigenvalue weighted by Gasteiger charge is 2.25. The Morgan fingerprint density at radius 1 is 1.00 bits per heavy atom. The molecule has 2 aliphatic rings. The van der Waals surface area contributed by atoms with Gasteiger partial charge in [-0.05, 0) is 43.4 Å². The maximum absolute atomic E-state index is 12.6. The summed E-state index contributed by atoms with van der Waals surface area (Å²) < 4.78 is 32.2. The standard InChI is InChI=1S/C19H27N3O5S/c23-18(19(24)21-14-16-5-4-12-27-16)20-13-15-6-8-17(9-7-15)28(25,26)22-10-2-1-3-11-22/h6-9,16H,1-5,10-14H2,(H,20,23)(H,21,24)/t16-/m1/s1. The van der Waals surface area contributed by atoms with Crippen LogP contribution >= 0.6 is 0 Å². The molecule has 2 amide bonds. The van der Waals surface area contributed by atoms with E-state index >= 15 is 0 Å². The third-order valence-corrected chi connectivity index (χ3v) is 6.96. The summed E-state index contributed by atoms with van der Waals surface area (Å²) in [5, 5.41) is 5.11. The van der Waals surface area contributed by atoms with E-state index in [1.165, 1.54) is 4.31 Å². The van der Waals surface area contributed by atoms with E-state index in [0.29, 0.717) is 26.2 Å². The smallest absolute Gasteiger partial charge is 0.309 e. The van der Waals surface area contributed by atoms with Crippen molar-refractivity contribution in [3.63, 3.8) is 0 Å². The molecule has 1 atom stereocenters. The largest absolute Gasteiger partial charge is 0.376 e. The zero-order chi connectivity index (χ0) is 20.0. The molecule has 0 aromatic heterocycles. The van der Waals surface area contributed by atoms with Crippen LogP contribution in [0.3, 0.4) is 0 Å². The zero-order valence-electron chi connectivity index (χ0n) is 15.9. The molecule has 0 spiro atoms. The highest BCUT2D eigenvalue weighted by atomic mass is 32.2. The topological polar surface area (TPSA) is 105 Å². The second-order valence-corrected chi connectivity index (χ2v) is 9.07. The van der Waals surface area contributed by atoms with Crippen LogP contribution in [0.2, 0.25) is 0 Å². The molecule has 2 fully saturated rings. The Balaban J connectivity index is 1.48. The molecule has 28 heavy (non-hydrogen) atoms. The molecule has 2 saturated heterocycles. The summed E-state index contributed by atoms with van der Waals surface area (Å²) in [6.07, 6.45) is 4.67. The molecule has 1 aromatic rings. The van der Waals surface area contributed by atoms with Crippen molar-refractivity contribution in [2.75, 3.05) is 26.2 Å². The van der Waals surface area contributed by atoms with Crippen molar-refractivity contribution in [3.05, 3.63) is 29.8 Å². The first-order valence-electron chi connectivity index (χ1n) is 9.73. The fourth-order valence-corrected chi connectivity index (χ4v) is 4.91. The van der Waals surface area contributed by atoms with E-state index < -0.39 is 21.8 Å². The van der Waals surface area contributed by atoms with Gasteiger partial charge in [-0.25, -0.2) is 8.42 Å².